The quantitative estimate of drug-likeness (QED) is 0.0769. The van der Waals surface area contributed by atoms with E-state index in [0.29, 0.717) is 61.8 Å². The Morgan fingerprint density at radius 2 is 1.46 bits per heavy atom. The molecule has 2 aliphatic heterocycles. The number of carbonyl (C=O) groups excluding carboxylic acids is 1. The molecular formula is C49H55ClF3N5O6S3. The summed E-state index contributed by atoms with van der Waals surface area (Å²) in [7, 11) is -10.9. The lowest BCUT2D eigenvalue weighted by Gasteiger charge is -2.37. The first-order valence-corrected chi connectivity index (χ1v) is 26.5. The Bertz CT molecular complexity index is 2680. The number of piperazine rings is 1. The fraction of sp³-hybridized carbons (Fsp3) is 0.367. The molecule has 2 heterocycles. The maximum atomic E-state index is 14.3. The number of anilines is 2. The van der Waals surface area contributed by atoms with Crippen LogP contribution in [0.2, 0.25) is 5.02 Å². The molecule has 67 heavy (non-hydrogen) atoms. The van der Waals surface area contributed by atoms with Crippen LogP contribution in [0.15, 0.2) is 136 Å². The summed E-state index contributed by atoms with van der Waals surface area (Å²) in [5, 5.41) is 15.2. The van der Waals surface area contributed by atoms with Gasteiger partial charge in [0.15, 0.2) is 0 Å². The van der Waals surface area contributed by atoms with Crippen LogP contribution < -0.4 is 14.9 Å². The molecule has 7 rings (SSSR count). The Labute approximate surface area is 400 Å². The van der Waals surface area contributed by atoms with Gasteiger partial charge in [-0.05, 0) is 122 Å². The molecule has 5 aromatic rings. The number of rotatable bonds is 17. The van der Waals surface area contributed by atoms with Gasteiger partial charge in [0.2, 0.25) is 0 Å². The van der Waals surface area contributed by atoms with Crippen LogP contribution in [0, 0.1) is 5.92 Å². The molecule has 2 atom stereocenters. The van der Waals surface area contributed by atoms with Gasteiger partial charge in [0.1, 0.15) is 4.90 Å². The van der Waals surface area contributed by atoms with Crippen molar-refractivity contribution in [3.8, 4) is 11.1 Å². The number of hydrogen-bond acceptors (Lipinski definition) is 11. The van der Waals surface area contributed by atoms with E-state index in [2.05, 4.69) is 33.9 Å². The smallest absolute Gasteiger partial charge is 0.388 e. The predicted octanol–water partition coefficient (Wildman–Crippen LogP) is 9.36. The molecular weight excluding hydrogens is 943 g/mol. The topological polar surface area (TPSA) is 139 Å². The van der Waals surface area contributed by atoms with E-state index in [1.54, 1.807) is 12.1 Å². The molecule has 2 fully saturated rings. The zero-order valence-corrected chi connectivity index (χ0v) is 40.4. The van der Waals surface area contributed by atoms with Gasteiger partial charge < -0.3 is 20.2 Å². The maximum Gasteiger partial charge on any atom is 0.501 e. The molecule has 0 spiro atoms. The lowest BCUT2D eigenvalue weighted by atomic mass is 9.84. The SMILES string of the molecule is CC(C)N1CCN(CC[C@H](CSc2ccccc2)Nc2ccc(S(=O)(=O)NC(=O)c3ccc(N4CCC([C@H](O)c5ccccc5-c5ccc(Cl)cc5)CC4)cc3)cc2S(=O)(=O)C(F)(F)F)CC1. The Balaban J connectivity index is 1.02. The molecule has 2 aliphatic rings. The number of aliphatic hydroxyl groups is 1. The van der Waals surface area contributed by atoms with Crippen LogP contribution in [0.25, 0.3) is 11.1 Å². The van der Waals surface area contributed by atoms with Crippen molar-refractivity contribution < 1.29 is 39.9 Å². The standard InChI is InChI=1S/C49H55ClF3N5O6S3/c1-34(2)57-30-28-56(29-31-57)25-24-39(33-65-41-8-4-3-5-9-41)54-45-21-20-42(32-46(45)66(61,62)49(51,52)53)67(63,64)55-48(60)37-14-18-40(19-15-37)58-26-22-36(23-27-58)47(59)44-11-7-6-10-43(44)35-12-16-38(50)17-13-35/h3-21,32,34,36,39,47,54,59H,22-31,33H2,1-2H3,(H,55,60)/t39-,47+/m1/s1. The molecule has 0 aromatic heterocycles. The van der Waals surface area contributed by atoms with Crippen LogP contribution in [0.1, 0.15) is 55.1 Å². The van der Waals surface area contributed by atoms with Gasteiger partial charge in [-0.25, -0.2) is 21.6 Å². The van der Waals surface area contributed by atoms with Crippen LogP contribution in [-0.4, -0.2) is 107 Å². The molecule has 11 nitrogen and oxygen atoms in total. The lowest BCUT2D eigenvalue weighted by molar-refractivity contribution is -0.0435. The number of amides is 1. The first-order chi connectivity index (χ1) is 31.9. The number of alkyl halides is 3. The molecule has 0 bridgehead atoms. The number of hydrogen-bond donors (Lipinski definition) is 3. The molecule has 0 radical (unpaired) electrons. The Morgan fingerprint density at radius 1 is 0.821 bits per heavy atom. The van der Waals surface area contributed by atoms with Crippen molar-refractivity contribution >= 4 is 60.5 Å². The average Bonchev–Trinajstić information content (AvgIpc) is 3.32. The molecule has 1 amide bonds. The summed E-state index contributed by atoms with van der Waals surface area (Å²) in [5.41, 5.74) is -2.70. The monoisotopic (exact) mass is 997 g/mol. The molecule has 3 N–H and O–H groups in total. The summed E-state index contributed by atoms with van der Waals surface area (Å²) in [5.74, 6) is -0.696. The molecule has 2 saturated heterocycles. The minimum absolute atomic E-state index is 0.0161. The second kappa shape index (κ2) is 21.8. The third-order valence-corrected chi connectivity index (χ3v) is 16.8. The summed E-state index contributed by atoms with van der Waals surface area (Å²) in [4.78, 5) is 18.9. The summed E-state index contributed by atoms with van der Waals surface area (Å²) >= 11 is 7.57. The number of thioether (sulfide) groups is 1. The highest BCUT2D eigenvalue weighted by molar-refractivity contribution is 7.99. The van der Waals surface area contributed by atoms with E-state index in [1.165, 1.54) is 23.9 Å². The van der Waals surface area contributed by atoms with E-state index in [4.69, 9.17) is 11.6 Å². The third kappa shape index (κ3) is 12.5. The van der Waals surface area contributed by atoms with Crippen molar-refractivity contribution in [1.82, 2.24) is 14.5 Å². The summed E-state index contributed by atoms with van der Waals surface area (Å²) in [6, 6.07) is 33.2. The van der Waals surface area contributed by atoms with Gasteiger partial charge in [0.05, 0.1) is 16.7 Å². The molecule has 0 aliphatic carbocycles. The lowest BCUT2D eigenvalue weighted by Crippen LogP contribution is -2.49. The van der Waals surface area contributed by atoms with E-state index >= 15 is 0 Å². The number of nitrogens with zero attached hydrogens (tertiary/aromatic N) is 3. The van der Waals surface area contributed by atoms with Gasteiger partial charge >= 0.3 is 5.51 Å². The molecule has 5 aromatic carbocycles. The van der Waals surface area contributed by atoms with Crippen molar-refractivity contribution in [2.24, 2.45) is 5.92 Å². The fourth-order valence-corrected chi connectivity index (χ4v) is 11.7. The average molecular weight is 999 g/mol. The number of nitrogens with one attached hydrogen (secondary N) is 2. The first-order valence-electron chi connectivity index (χ1n) is 22.2. The zero-order chi connectivity index (χ0) is 47.9. The highest BCUT2D eigenvalue weighted by Gasteiger charge is 2.48. The normalized spacial score (nSPS) is 16.7. The number of piperidine rings is 1. The third-order valence-electron chi connectivity index (χ3n) is 12.5. The van der Waals surface area contributed by atoms with Crippen molar-refractivity contribution in [1.29, 1.82) is 0 Å². The Morgan fingerprint density at radius 3 is 2.10 bits per heavy atom. The number of sulfone groups is 1. The zero-order valence-electron chi connectivity index (χ0n) is 37.2. The molecule has 0 saturated carbocycles. The van der Waals surface area contributed by atoms with Crippen molar-refractivity contribution in [2.45, 2.75) is 71.5 Å². The highest BCUT2D eigenvalue weighted by Crippen LogP contribution is 2.39. The summed E-state index contributed by atoms with van der Waals surface area (Å²) in [6.45, 7) is 9.45. The Hall–Kier alpha value is -4.62. The van der Waals surface area contributed by atoms with Gasteiger partial charge in [-0.2, -0.15) is 13.2 Å². The first kappa shape index (κ1) is 50.3. The minimum Gasteiger partial charge on any atom is -0.388 e. The second-order valence-corrected chi connectivity index (χ2v) is 22.3. The number of carbonyl (C=O) groups is 1. The van der Waals surface area contributed by atoms with Gasteiger partial charge in [-0.3, -0.25) is 9.69 Å². The van der Waals surface area contributed by atoms with Crippen LogP contribution in [0.4, 0.5) is 24.5 Å². The number of aliphatic hydroxyl groups excluding tert-OH is 1. The van der Waals surface area contributed by atoms with Crippen LogP contribution >= 0.6 is 23.4 Å². The van der Waals surface area contributed by atoms with E-state index in [1.807, 2.05) is 83.6 Å². The molecule has 358 valence electrons. The number of halogens is 4. The summed E-state index contributed by atoms with van der Waals surface area (Å²) in [6.07, 6.45) is 1.12. The van der Waals surface area contributed by atoms with Crippen molar-refractivity contribution in [3.63, 3.8) is 0 Å². The van der Waals surface area contributed by atoms with Gasteiger partial charge in [-0.1, -0.05) is 66.2 Å². The van der Waals surface area contributed by atoms with Crippen LogP contribution in [-0.2, 0) is 19.9 Å². The van der Waals surface area contributed by atoms with E-state index in [0.717, 1.165) is 65.6 Å². The van der Waals surface area contributed by atoms with Crippen LogP contribution in [0.3, 0.4) is 0 Å². The predicted molar refractivity (Wildman–Crippen MR) is 260 cm³/mol. The van der Waals surface area contributed by atoms with E-state index in [-0.39, 0.29) is 11.5 Å². The van der Waals surface area contributed by atoms with Gasteiger partial charge in [0, 0.05) is 84.8 Å². The maximum absolute atomic E-state index is 14.3. The van der Waals surface area contributed by atoms with Crippen LogP contribution in [0.5, 0.6) is 0 Å². The molecule has 18 heteroatoms. The van der Waals surface area contributed by atoms with Gasteiger partial charge in [-0.15, -0.1) is 11.8 Å². The van der Waals surface area contributed by atoms with Gasteiger partial charge in [0.25, 0.3) is 25.8 Å². The largest absolute Gasteiger partial charge is 0.501 e. The highest BCUT2D eigenvalue weighted by atomic mass is 35.5. The molecule has 0 unspecified atom stereocenters. The van der Waals surface area contributed by atoms with E-state index in [9.17, 15) is 39.9 Å². The number of benzene rings is 5. The van der Waals surface area contributed by atoms with E-state index < -0.39 is 58.9 Å². The fourth-order valence-electron chi connectivity index (χ4n) is 8.55. The van der Waals surface area contributed by atoms with Crippen molar-refractivity contribution in [3.05, 3.63) is 137 Å². The number of sulfonamides is 1. The minimum atomic E-state index is -6.07. The summed E-state index contributed by atoms with van der Waals surface area (Å²) < 4.78 is 98.1. The Kier molecular flexibility index (Phi) is 16.3. The van der Waals surface area contributed by atoms with Crippen molar-refractivity contribution in [2.75, 3.05) is 61.8 Å². The second-order valence-electron chi connectivity index (χ2n) is 17.2.